The van der Waals surface area contributed by atoms with Crippen LogP contribution >= 0.6 is 0 Å². The van der Waals surface area contributed by atoms with Crippen LogP contribution in [-0.2, 0) is 0 Å². The van der Waals surface area contributed by atoms with E-state index >= 15 is 0 Å². The van der Waals surface area contributed by atoms with Crippen LogP contribution in [0.3, 0.4) is 0 Å². The fraction of sp³-hybridized carbons (Fsp3) is 0.444. The summed E-state index contributed by atoms with van der Waals surface area (Å²) in [6.07, 6.45) is 2.89. The molecule has 0 spiro atoms. The maximum Gasteiger partial charge on any atom is 0.349 e. The van der Waals surface area contributed by atoms with Crippen molar-refractivity contribution in [1.29, 1.82) is 0 Å². The predicted molar refractivity (Wildman–Crippen MR) is 88.0 cm³/mol. The van der Waals surface area contributed by atoms with Crippen LogP contribution in [0.4, 0.5) is 5.69 Å². The van der Waals surface area contributed by atoms with E-state index in [4.69, 9.17) is 4.42 Å². The van der Waals surface area contributed by atoms with Crippen LogP contribution in [0.15, 0.2) is 21.3 Å². The van der Waals surface area contributed by atoms with E-state index in [1.807, 2.05) is 26.0 Å². The first kappa shape index (κ1) is 14.8. The highest BCUT2D eigenvalue weighted by atomic mass is 16.4. The van der Waals surface area contributed by atoms with Gasteiger partial charge in [-0.15, -0.1) is 0 Å². The molecule has 0 aliphatic carbocycles. The molecule has 0 N–H and O–H groups in total. The second-order valence-corrected chi connectivity index (χ2v) is 6.35. The highest BCUT2D eigenvalue weighted by Gasteiger charge is 2.24. The molecule has 1 saturated heterocycles. The van der Waals surface area contributed by atoms with Gasteiger partial charge >= 0.3 is 5.63 Å². The summed E-state index contributed by atoms with van der Waals surface area (Å²) in [5.74, 6) is 0.557. The predicted octanol–water partition coefficient (Wildman–Crippen LogP) is 3.46. The first-order chi connectivity index (χ1) is 10.5. The number of hydrogen-bond donors (Lipinski definition) is 0. The number of nitrogens with zero attached hydrogens (tertiary/aromatic N) is 1. The lowest BCUT2D eigenvalue weighted by Crippen LogP contribution is -2.36. The zero-order chi connectivity index (χ0) is 15.9. The van der Waals surface area contributed by atoms with Gasteiger partial charge in [-0.2, -0.15) is 0 Å². The summed E-state index contributed by atoms with van der Waals surface area (Å²) < 4.78 is 5.44. The van der Waals surface area contributed by atoms with E-state index in [1.165, 1.54) is 6.42 Å². The van der Waals surface area contributed by atoms with Crippen LogP contribution in [-0.4, -0.2) is 19.4 Å². The number of rotatable bonds is 2. The van der Waals surface area contributed by atoms with Crippen LogP contribution in [0, 0.1) is 19.8 Å². The second kappa shape index (κ2) is 5.59. The maximum absolute atomic E-state index is 12.2. The van der Waals surface area contributed by atoms with Gasteiger partial charge in [0.15, 0.2) is 6.29 Å². The highest BCUT2D eigenvalue weighted by molar-refractivity contribution is 6.00. The van der Waals surface area contributed by atoms with Gasteiger partial charge in [0.1, 0.15) is 11.1 Å². The number of anilines is 1. The Morgan fingerprint density at radius 2 is 2.09 bits per heavy atom. The molecular weight excluding hydrogens is 278 g/mol. The zero-order valence-electron chi connectivity index (χ0n) is 13.3. The average molecular weight is 299 g/mol. The van der Waals surface area contributed by atoms with E-state index in [2.05, 4.69) is 11.8 Å². The fourth-order valence-electron chi connectivity index (χ4n) is 3.33. The Morgan fingerprint density at radius 1 is 1.32 bits per heavy atom. The molecule has 0 radical (unpaired) electrons. The van der Waals surface area contributed by atoms with Gasteiger partial charge in [-0.05, 0) is 49.8 Å². The second-order valence-electron chi connectivity index (χ2n) is 6.35. The molecule has 0 amide bonds. The molecule has 0 saturated carbocycles. The number of piperidine rings is 1. The molecular formula is C18H21NO3. The summed E-state index contributed by atoms with van der Waals surface area (Å²) in [4.78, 5) is 25.9. The number of benzene rings is 1. The number of fused-ring (bicyclic) bond motifs is 1. The van der Waals surface area contributed by atoms with Crippen LogP contribution in [0.1, 0.15) is 41.3 Å². The van der Waals surface area contributed by atoms with Gasteiger partial charge in [-0.3, -0.25) is 4.79 Å². The Bertz CT molecular complexity index is 791. The first-order valence-corrected chi connectivity index (χ1v) is 7.80. The van der Waals surface area contributed by atoms with Crippen molar-refractivity contribution in [3.05, 3.63) is 39.2 Å². The monoisotopic (exact) mass is 299 g/mol. The number of aryl methyl sites for hydroxylation is 2. The van der Waals surface area contributed by atoms with Gasteiger partial charge < -0.3 is 9.32 Å². The third-order valence-corrected chi connectivity index (χ3v) is 4.69. The van der Waals surface area contributed by atoms with Gasteiger partial charge in [0.05, 0.1) is 5.69 Å². The van der Waals surface area contributed by atoms with Crippen LogP contribution in [0.2, 0.25) is 0 Å². The Balaban J connectivity index is 2.32. The SMILES string of the molecule is Cc1ccc2c(N3CCCC(C)C3)c(C=O)c(=O)oc2c1C. The van der Waals surface area contributed by atoms with Crippen molar-refractivity contribution in [3.63, 3.8) is 0 Å². The summed E-state index contributed by atoms with van der Waals surface area (Å²) in [6, 6.07) is 3.98. The molecule has 4 nitrogen and oxygen atoms in total. The highest BCUT2D eigenvalue weighted by Crippen LogP contribution is 2.33. The molecule has 2 aromatic rings. The lowest BCUT2D eigenvalue weighted by atomic mass is 9.97. The summed E-state index contributed by atoms with van der Waals surface area (Å²) >= 11 is 0. The molecule has 1 atom stereocenters. The third kappa shape index (κ3) is 2.32. The van der Waals surface area contributed by atoms with Crippen molar-refractivity contribution in [2.24, 2.45) is 5.92 Å². The lowest BCUT2D eigenvalue weighted by Gasteiger charge is -2.34. The quantitative estimate of drug-likeness (QED) is 0.629. The number of hydrogen-bond acceptors (Lipinski definition) is 4. The van der Waals surface area contributed by atoms with Gasteiger partial charge in [0.25, 0.3) is 0 Å². The minimum Gasteiger partial charge on any atom is -0.422 e. The maximum atomic E-state index is 12.2. The molecule has 1 aliphatic heterocycles. The van der Waals surface area contributed by atoms with Crippen molar-refractivity contribution >= 4 is 22.9 Å². The van der Waals surface area contributed by atoms with Crippen molar-refractivity contribution in [1.82, 2.24) is 0 Å². The fourth-order valence-corrected chi connectivity index (χ4v) is 3.33. The lowest BCUT2D eigenvalue weighted by molar-refractivity contribution is 0.112. The number of carbonyl (C=O) groups excluding carboxylic acids is 1. The van der Waals surface area contributed by atoms with Gasteiger partial charge in [-0.25, -0.2) is 4.79 Å². The molecule has 1 unspecified atom stereocenters. The molecule has 1 fully saturated rings. The number of carbonyl (C=O) groups is 1. The van der Waals surface area contributed by atoms with Crippen LogP contribution in [0.25, 0.3) is 11.0 Å². The molecule has 22 heavy (non-hydrogen) atoms. The first-order valence-electron chi connectivity index (χ1n) is 7.80. The third-order valence-electron chi connectivity index (χ3n) is 4.69. The van der Waals surface area contributed by atoms with E-state index in [9.17, 15) is 9.59 Å². The Kier molecular flexibility index (Phi) is 3.77. The molecule has 1 aromatic heterocycles. The Morgan fingerprint density at radius 3 is 2.77 bits per heavy atom. The molecule has 1 aromatic carbocycles. The Labute approximate surface area is 129 Å². The van der Waals surface area contributed by atoms with E-state index < -0.39 is 5.63 Å². The van der Waals surface area contributed by atoms with Gasteiger partial charge in [-0.1, -0.05) is 13.0 Å². The standard InChI is InChI=1S/C18H21NO3/c1-11-5-4-8-19(9-11)16-14-7-6-12(2)13(3)17(14)22-18(21)15(16)10-20/h6-7,10-11H,4-5,8-9H2,1-3H3. The molecule has 2 heterocycles. The normalized spacial score (nSPS) is 18.7. The van der Waals surface area contributed by atoms with E-state index in [-0.39, 0.29) is 5.56 Å². The van der Waals surface area contributed by atoms with Crippen molar-refractivity contribution in [2.45, 2.75) is 33.6 Å². The Hall–Kier alpha value is -2.10. The van der Waals surface area contributed by atoms with E-state index in [0.717, 1.165) is 41.7 Å². The van der Waals surface area contributed by atoms with E-state index in [1.54, 1.807) is 0 Å². The minimum atomic E-state index is -0.538. The van der Waals surface area contributed by atoms with Crippen molar-refractivity contribution in [2.75, 3.05) is 18.0 Å². The van der Waals surface area contributed by atoms with Gasteiger partial charge in [0, 0.05) is 18.5 Å². The summed E-state index contributed by atoms with van der Waals surface area (Å²) in [5, 5.41) is 0.860. The number of aldehydes is 1. The van der Waals surface area contributed by atoms with E-state index in [0.29, 0.717) is 17.8 Å². The smallest absolute Gasteiger partial charge is 0.349 e. The van der Waals surface area contributed by atoms with Crippen LogP contribution < -0.4 is 10.5 Å². The molecule has 0 bridgehead atoms. The summed E-state index contributed by atoms with van der Waals surface area (Å²) in [5.41, 5.74) is 2.99. The average Bonchev–Trinajstić information content (AvgIpc) is 2.50. The van der Waals surface area contributed by atoms with Crippen molar-refractivity contribution < 1.29 is 9.21 Å². The summed E-state index contributed by atoms with van der Waals surface area (Å²) in [6.45, 7) is 7.88. The molecule has 4 heteroatoms. The zero-order valence-corrected chi connectivity index (χ0v) is 13.3. The van der Waals surface area contributed by atoms with Gasteiger partial charge in [0.2, 0.25) is 0 Å². The van der Waals surface area contributed by atoms with Crippen molar-refractivity contribution in [3.8, 4) is 0 Å². The summed E-state index contributed by atoms with van der Waals surface area (Å²) in [7, 11) is 0. The van der Waals surface area contributed by atoms with Crippen LogP contribution in [0.5, 0.6) is 0 Å². The molecule has 116 valence electrons. The largest absolute Gasteiger partial charge is 0.422 e. The minimum absolute atomic E-state index is 0.143. The topological polar surface area (TPSA) is 50.5 Å². The molecule has 3 rings (SSSR count). The molecule has 1 aliphatic rings.